The van der Waals surface area contributed by atoms with E-state index < -0.39 is 0 Å². The van der Waals surface area contributed by atoms with E-state index in [1.807, 2.05) is 0 Å². The summed E-state index contributed by atoms with van der Waals surface area (Å²) in [6.07, 6.45) is 5.22. The van der Waals surface area contributed by atoms with Crippen LogP contribution in [-0.2, 0) is 4.79 Å². The number of primary amides is 1. The Hall–Kier alpha value is -0.570. The van der Waals surface area contributed by atoms with E-state index in [0.717, 1.165) is 24.3 Å². The minimum absolute atomic E-state index is 0.0758. The third-order valence-electron chi connectivity index (χ3n) is 5.45. The summed E-state index contributed by atoms with van der Waals surface area (Å²) >= 11 is 0. The second kappa shape index (κ2) is 3.98. The average Bonchev–Trinajstić information content (AvgIpc) is 2.13. The predicted molar refractivity (Wildman–Crippen MR) is 67.3 cm³/mol. The maximum absolute atomic E-state index is 11.4. The van der Waals surface area contributed by atoms with Crippen LogP contribution in [0, 0.1) is 23.7 Å². The number of nitrogens with two attached hydrogens (primary N) is 1. The number of piperidine rings is 1. The molecule has 1 aliphatic heterocycles. The second-order valence-electron chi connectivity index (χ2n) is 6.69. The molecule has 3 fully saturated rings. The topological polar surface area (TPSA) is 46.3 Å². The van der Waals surface area contributed by atoms with Gasteiger partial charge in [0.05, 0.1) is 6.04 Å². The molecule has 96 valence electrons. The van der Waals surface area contributed by atoms with Crippen LogP contribution in [0.2, 0.25) is 0 Å². The van der Waals surface area contributed by atoms with Gasteiger partial charge in [0.15, 0.2) is 0 Å². The molecule has 2 saturated carbocycles. The maximum Gasteiger partial charge on any atom is 0.235 e. The first-order chi connectivity index (χ1) is 8.08. The maximum atomic E-state index is 11.4. The molecule has 0 aromatic heterocycles. The van der Waals surface area contributed by atoms with Gasteiger partial charge in [-0.15, -0.1) is 0 Å². The lowest BCUT2D eigenvalue weighted by molar-refractivity contribution is -0.161. The summed E-state index contributed by atoms with van der Waals surface area (Å²) < 4.78 is 0. The van der Waals surface area contributed by atoms with Gasteiger partial charge in [0.1, 0.15) is 0 Å². The highest BCUT2D eigenvalue weighted by atomic mass is 16.1. The number of hydrogen-bond donors (Lipinski definition) is 1. The molecular formula is C14H24N2O. The fourth-order valence-electron chi connectivity index (χ4n) is 4.04. The van der Waals surface area contributed by atoms with Gasteiger partial charge in [-0.3, -0.25) is 9.69 Å². The minimum atomic E-state index is -0.0920. The molecule has 1 saturated heterocycles. The second-order valence-corrected chi connectivity index (χ2v) is 6.69. The van der Waals surface area contributed by atoms with Gasteiger partial charge in [-0.05, 0) is 49.4 Å². The summed E-state index contributed by atoms with van der Waals surface area (Å²) in [5, 5.41) is 0. The molecule has 0 bridgehead atoms. The van der Waals surface area contributed by atoms with E-state index in [4.69, 9.17) is 5.73 Å². The zero-order valence-corrected chi connectivity index (χ0v) is 10.9. The van der Waals surface area contributed by atoms with Crippen LogP contribution in [0.4, 0.5) is 0 Å². The van der Waals surface area contributed by atoms with Crippen molar-refractivity contribution in [3.63, 3.8) is 0 Å². The number of carbonyl (C=O) groups excluding carboxylic acids is 1. The molecule has 3 aliphatic rings. The summed E-state index contributed by atoms with van der Waals surface area (Å²) in [6, 6.07) is 0.775. The molecule has 0 radical (unpaired) electrons. The Balaban J connectivity index is 1.51. The fourth-order valence-corrected chi connectivity index (χ4v) is 4.04. The van der Waals surface area contributed by atoms with Crippen LogP contribution in [-0.4, -0.2) is 29.4 Å². The lowest BCUT2D eigenvalue weighted by Gasteiger charge is -2.62. The van der Waals surface area contributed by atoms with Crippen LogP contribution in [0.1, 0.15) is 39.5 Å². The first kappa shape index (κ1) is 11.5. The molecule has 2 N–H and O–H groups in total. The Bertz CT molecular complexity index is 322. The number of hydrogen-bond acceptors (Lipinski definition) is 2. The van der Waals surface area contributed by atoms with Gasteiger partial charge in [0.2, 0.25) is 5.91 Å². The van der Waals surface area contributed by atoms with E-state index in [-0.39, 0.29) is 11.9 Å². The third kappa shape index (κ3) is 1.70. The number of fused-ring (bicyclic) bond motifs is 1. The molecule has 3 nitrogen and oxygen atoms in total. The molecule has 3 heteroatoms. The van der Waals surface area contributed by atoms with Crippen LogP contribution in [0.25, 0.3) is 0 Å². The Morgan fingerprint density at radius 3 is 2.53 bits per heavy atom. The first-order valence-electron chi connectivity index (χ1n) is 7.13. The monoisotopic (exact) mass is 236 g/mol. The minimum Gasteiger partial charge on any atom is -0.368 e. The number of amides is 1. The molecular weight excluding hydrogens is 212 g/mol. The van der Waals surface area contributed by atoms with Crippen molar-refractivity contribution in [1.29, 1.82) is 0 Å². The first-order valence-corrected chi connectivity index (χ1v) is 7.13. The smallest absolute Gasteiger partial charge is 0.235 e. The lowest BCUT2D eigenvalue weighted by atomic mass is 9.63. The summed E-state index contributed by atoms with van der Waals surface area (Å²) in [6.45, 7) is 5.76. The molecule has 0 spiro atoms. The quantitative estimate of drug-likeness (QED) is 0.806. The third-order valence-corrected chi connectivity index (χ3v) is 5.45. The molecule has 0 aromatic carbocycles. The number of nitrogens with zero attached hydrogens (tertiary/aromatic N) is 1. The van der Waals surface area contributed by atoms with Crippen molar-refractivity contribution in [3.8, 4) is 0 Å². The van der Waals surface area contributed by atoms with E-state index in [2.05, 4.69) is 18.7 Å². The summed E-state index contributed by atoms with van der Waals surface area (Å²) in [7, 11) is 0. The van der Waals surface area contributed by atoms with Gasteiger partial charge in [-0.1, -0.05) is 13.8 Å². The van der Waals surface area contributed by atoms with Crippen molar-refractivity contribution in [1.82, 2.24) is 4.90 Å². The highest BCUT2D eigenvalue weighted by Crippen LogP contribution is 2.49. The van der Waals surface area contributed by atoms with Crippen LogP contribution in [0.5, 0.6) is 0 Å². The van der Waals surface area contributed by atoms with Crippen molar-refractivity contribution in [2.75, 3.05) is 6.54 Å². The Labute approximate surface area is 104 Å². The van der Waals surface area contributed by atoms with E-state index in [1.165, 1.54) is 25.7 Å². The molecule has 3 rings (SSSR count). The van der Waals surface area contributed by atoms with Crippen LogP contribution >= 0.6 is 0 Å². The van der Waals surface area contributed by atoms with Crippen molar-refractivity contribution in [2.24, 2.45) is 29.4 Å². The van der Waals surface area contributed by atoms with Gasteiger partial charge in [0.25, 0.3) is 0 Å². The molecule has 0 aromatic rings. The Kier molecular flexibility index (Phi) is 2.69. The van der Waals surface area contributed by atoms with Gasteiger partial charge >= 0.3 is 0 Å². The largest absolute Gasteiger partial charge is 0.368 e. The van der Waals surface area contributed by atoms with E-state index in [1.54, 1.807) is 0 Å². The number of likely N-dealkylation sites (tertiary alicyclic amines) is 1. The van der Waals surface area contributed by atoms with Crippen molar-refractivity contribution in [2.45, 2.75) is 51.6 Å². The van der Waals surface area contributed by atoms with Gasteiger partial charge in [-0.25, -0.2) is 0 Å². The molecule has 1 heterocycles. The standard InChI is InChI=1S/C14H24N2O/c1-8(2)10-5-9(6-10)7-16-12-4-3-11(12)13(16)14(15)17/h8-13H,3-7H2,1-2H3,(H2,15,17)/t9?,10?,11?,12-,13+/m0/s1. The summed E-state index contributed by atoms with van der Waals surface area (Å²) in [5.74, 6) is 3.08. The molecule has 1 amide bonds. The van der Waals surface area contributed by atoms with Crippen LogP contribution in [0.3, 0.4) is 0 Å². The molecule has 1 unspecified atom stereocenters. The SMILES string of the molecule is CC(C)C1CC(CN2[C@H]3CCC3[C@@H]2C(N)=O)C1. The average molecular weight is 236 g/mol. The molecule has 2 aliphatic carbocycles. The molecule has 3 atom stereocenters. The van der Waals surface area contributed by atoms with E-state index in [0.29, 0.717) is 12.0 Å². The zero-order chi connectivity index (χ0) is 12.2. The number of rotatable bonds is 4. The van der Waals surface area contributed by atoms with Crippen LogP contribution < -0.4 is 5.73 Å². The van der Waals surface area contributed by atoms with Crippen molar-refractivity contribution >= 4 is 5.91 Å². The molecule has 17 heavy (non-hydrogen) atoms. The summed E-state index contributed by atoms with van der Waals surface area (Å²) in [5.41, 5.74) is 5.50. The van der Waals surface area contributed by atoms with Crippen molar-refractivity contribution in [3.05, 3.63) is 0 Å². The zero-order valence-electron chi connectivity index (χ0n) is 10.9. The number of carbonyl (C=O) groups is 1. The van der Waals surface area contributed by atoms with Crippen molar-refractivity contribution < 1.29 is 4.79 Å². The fraction of sp³-hybridized carbons (Fsp3) is 0.929. The van der Waals surface area contributed by atoms with Crippen LogP contribution in [0.15, 0.2) is 0 Å². The highest BCUT2D eigenvalue weighted by Gasteiger charge is 2.56. The van der Waals surface area contributed by atoms with E-state index in [9.17, 15) is 4.79 Å². The Morgan fingerprint density at radius 2 is 2.06 bits per heavy atom. The lowest BCUT2D eigenvalue weighted by Crippen LogP contribution is -2.73. The summed E-state index contributed by atoms with van der Waals surface area (Å²) in [4.78, 5) is 13.8. The predicted octanol–water partition coefficient (Wildman–Crippen LogP) is 1.62. The van der Waals surface area contributed by atoms with Gasteiger partial charge in [-0.2, -0.15) is 0 Å². The van der Waals surface area contributed by atoms with E-state index >= 15 is 0 Å². The highest BCUT2D eigenvalue weighted by molar-refractivity contribution is 5.82. The normalized spacial score (nSPS) is 44.5. The Morgan fingerprint density at radius 1 is 1.35 bits per heavy atom. The van der Waals surface area contributed by atoms with Gasteiger partial charge in [0, 0.05) is 12.6 Å². The van der Waals surface area contributed by atoms with Gasteiger partial charge < -0.3 is 5.73 Å².